The van der Waals surface area contributed by atoms with Crippen molar-refractivity contribution < 1.29 is 9.90 Å². The van der Waals surface area contributed by atoms with Crippen molar-refractivity contribution in [2.45, 2.75) is 12.5 Å². The summed E-state index contributed by atoms with van der Waals surface area (Å²) >= 11 is 7.65. The first-order chi connectivity index (χ1) is 6.00. The minimum Gasteiger partial charge on any atom is -0.480 e. The SMILES string of the molecule is N[C@@H](Cc1[nH]c(I)nc1Cl)C(=O)O. The summed E-state index contributed by atoms with van der Waals surface area (Å²) in [5, 5.41) is 8.82. The Morgan fingerprint density at radius 2 is 2.46 bits per heavy atom. The number of nitrogens with zero attached hydrogens (tertiary/aromatic N) is 1. The number of carbonyl (C=O) groups is 1. The zero-order valence-corrected chi connectivity index (χ0v) is 9.33. The van der Waals surface area contributed by atoms with Crippen LogP contribution in [0.25, 0.3) is 0 Å². The van der Waals surface area contributed by atoms with Gasteiger partial charge in [-0.15, -0.1) is 0 Å². The number of nitrogens with two attached hydrogens (primary N) is 1. The Bertz CT molecular complexity index is 328. The lowest BCUT2D eigenvalue weighted by Gasteiger charge is -2.03. The van der Waals surface area contributed by atoms with Crippen LogP contribution in [0.2, 0.25) is 5.15 Å². The number of H-pyrrole nitrogens is 1. The van der Waals surface area contributed by atoms with Crippen molar-refractivity contribution in [2.75, 3.05) is 0 Å². The molecule has 4 N–H and O–H groups in total. The first-order valence-electron chi connectivity index (χ1n) is 3.39. The highest BCUT2D eigenvalue weighted by atomic mass is 127. The maximum atomic E-state index is 10.4. The van der Waals surface area contributed by atoms with Gasteiger partial charge in [0.1, 0.15) is 6.04 Å². The van der Waals surface area contributed by atoms with Gasteiger partial charge in [0, 0.05) is 6.42 Å². The molecule has 1 aromatic rings. The molecule has 0 aliphatic heterocycles. The summed E-state index contributed by atoms with van der Waals surface area (Å²) in [5.41, 5.74) is 5.87. The summed E-state index contributed by atoms with van der Waals surface area (Å²) in [5.74, 6) is -1.05. The molecule has 0 bridgehead atoms. The van der Waals surface area contributed by atoms with E-state index in [-0.39, 0.29) is 11.6 Å². The first kappa shape index (κ1) is 10.7. The number of nitrogens with one attached hydrogen (secondary N) is 1. The van der Waals surface area contributed by atoms with E-state index in [2.05, 4.69) is 9.97 Å². The number of halogens is 2. The molecular weight excluding hydrogens is 308 g/mol. The molecule has 1 heterocycles. The quantitative estimate of drug-likeness (QED) is 0.713. The lowest BCUT2D eigenvalue weighted by atomic mass is 10.2. The molecule has 5 nitrogen and oxygen atoms in total. The van der Waals surface area contributed by atoms with Gasteiger partial charge >= 0.3 is 5.97 Å². The highest BCUT2D eigenvalue weighted by Crippen LogP contribution is 2.15. The summed E-state index contributed by atoms with van der Waals surface area (Å²) in [4.78, 5) is 17.1. The third kappa shape index (κ3) is 2.82. The number of imidazole rings is 1. The second-order valence-electron chi connectivity index (χ2n) is 2.45. The average Bonchev–Trinajstić information content (AvgIpc) is 2.30. The van der Waals surface area contributed by atoms with Gasteiger partial charge in [0.25, 0.3) is 0 Å². The van der Waals surface area contributed by atoms with Crippen LogP contribution in [0.5, 0.6) is 0 Å². The van der Waals surface area contributed by atoms with E-state index >= 15 is 0 Å². The predicted octanol–water partition coefficient (Wildman–Crippen LogP) is 0.622. The number of carboxylic acid groups (broad SMARTS) is 1. The van der Waals surface area contributed by atoms with E-state index in [4.69, 9.17) is 22.4 Å². The fourth-order valence-corrected chi connectivity index (χ4v) is 1.72. The van der Waals surface area contributed by atoms with Crippen molar-refractivity contribution in [3.63, 3.8) is 0 Å². The Kier molecular flexibility index (Phi) is 3.51. The Labute approximate surface area is 92.8 Å². The van der Waals surface area contributed by atoms with E-state index < -0.39 is 12.0 Å². The maximum absolute atomic E-state index is 10.4. The van der Waals surface area contributed by atoms with Crippen molar-refractivity contribution >= 4 is 40.2 Å². The van der Waals surface area contributed by atoms with Crippen LogP contribution >= 0.6 is 34.2 Å². The summed E-state index contributed by atoms with van der Waals surface area (Å²) in [6.07, 6.45) is 0.157. The molecular formula is C6H7ClIN3O2. The molecule has 0 fully saturated rings. The Morgan fingerprint density at radius 1 is 1.85 bits per heavy atom. The summed E-state index contributed by atoms with van der Waals surface area (Å²) in [6.45, 7) is 0. The van der Waals surface area contributed by atoms with Crippen LogP contribution < -0.4 is 5.73 Å². The molecule has 0 aliphatic carbocycles. The van der Waals surface area contributed by atoms with Gasteiger partial charge in [0.05, 0.1) is 5.69 Å². The van der Waals surface area contributed by atoms with Crippen molar-refractivity contribution in [1.82, 2.24) is 9.97 Å². The smallest absolute Gasteiger partial charge is 0.320 e. The molecule has 13 heavy (non-hydrogen) atoms. The number of aromatic amines is 1. The maximum Gasteiger partial charge on any atom is 0.320 e. The Hall–Kier alpha value is -0.340. The van der Waals surface area contributed by atoms with Gasteiger partial charge in [-0.3, -0.25) is 4.79 Å². The van der Waals surface area contributed by atoms with Gasteiger partial charge in [0.2, 0.25) is 0 Å². The lowest BCUT2D eigenvalue weighted by molar-refractivity contribution is -0.138. The van der Waals surface area contributed by atoms with Gasteiger partial charge in [0.15, 0.2) is 8.98 Å². The summed E-state index contributed by atoms with van der Waals surface area (Å²) in [6, 6.07) is -0.950. The summed E-state index contributed by atoms with van der Waals surface area (Å²) < 4.78 is 0.621. The third-order valence-electron chi connectivity index (χ3n) is 1.44. The molecule has 1 rings (SSSR count). The van der Waals surface area contributed by atoms with Crippen LogP contribution in [0.4, 0.5) is 0 Å². The number of aromatic nitrogens is 2. The second kappa shape index (κ2) is 4.25. The van der Waals surface area contributed by atoms with E-state index in [1.54, 1.807) is 0 Å². The van der Waals surface area contributed by atoms with Gasteiger partial charge < -0.3 is 15.8 Å². The minimum absolute atomic E-state index is 0.157. The topological polar surface area (TPSA) is 92.0 Å². The third-order valence-corrected chi connectivity index (χ3v) is 2.26. The molecule has 0 saturated carbocycles. The van der Waals surface area contributed by atoms with Crippen LogP contribution in [0.1, 0.15) is 5.69 Å². The van der Waals surface area contributed by atoms with Crippen molar-refractivity contribution in [1.29, 1.82) is 0 Å². The van der Waals surface area contributed by atoms with Crippen molar-refractivity contribution in [2.24, 2.45) is 5.73 Å². The molecule has 0 aliphatic rings. The van der Waals surface area contributed by atoms with E-state index in [1.807, 2.05) is 22.6 Å². The Morgan fingerprint density at radius 3 is 2.85 bits per heavy atom. The molecule has 7 heteroatoms. The van der Waals surface area contributed by atoms with Gasteiger partial charge in [-0.05, 0) is 22.6 Å². The van der Waals surface area contributed by atoms with Gasteiger partial charge in [-0.1, -0.05) is 11.6 Å². The van der Waals surface area contributed by atoms with E-state index in [0.717, 1.165) is 0 Å². The average molecular weight is 315 g/mol. The fourth-order valence-electron chi connectivity index (χ4n) is 0.800. The molecule has 0 unspecified atom stereocenters. The predicted molar refractivity (Wildman–Crippen MR) is 55.6 cm³/mol. The standard InChI is InChI=1S/C6H7ClIN3O2/c7-4-3(10-6(8)11-4)1-2(9)5(12)13/h2H,1,9H2,(H,10,11)(H,12,13)/t2-/m0/s1. The van der Waals surface area contributed by atoms with Gasteiger partial charge in [-0.25, -0.2) is 4.98 Å². The van der Waals surface area contributed by atoms with Gasteiger partial charge in [-0.2, -0.15) is 0 Å². The van der Waals surface area contributed by atoms with Crippen LogP contribution in [0.15, 0.2) is 0 Å². The summed E-state index contributed by atoms with van der Waals surface area (Å²) in [7, 11) is 0. The molecule has 0 saturated heterocycles. The molecule has 0 aromatic carbocycles. The number of rotatable bonds is 3. The van der Waals surface area contributed by atoms with Crippen LogP contribution in [0, 0.1) is 3.83 Å². The van der Waals surface area contributed by atoms with Crippen LogP contribution in [0.3, 0.4) is 0 Å². The number of hydrogen-bond acceptors (Lipinski definition) is 3. The zero-order valence-electron chi connectivity index (χ0n) is 6.42. The minimum atomic E-state index is -1.05. The highest BCUT2D eigenvalue weighted by molar-refractivity contribution is 14.1. The van der Waals surface area contributed by atoms with Crippen molar-refractivity contribution in [3.8, 4) is 0 Å². The van der Waals surface area contributed by atoms with E-state index in [0.29, 0.717) is 9.53 Å². The van der Waals surface area contributed by atoms with E-state index in [9.17, 15) is 4.79 Å². The number of aliphatic carboxylic acids is 1. The van der Waals surface area contributed by atoms with Crippen LogP contribution in [-0.2, 0) is 11.2 Å². The van der Waals surface area contributed by atoms with E-state index in [1.165, 1.54) is 0 Å². The highest BCUT2D eigenvalue weighted by Gasteiger charge is 2.16. The molecule has 1 aromatic heterocycles. The Balaban J connectivity index is 2.74. The molecule has 0 amide bonds. The normalized spacial score (nSPS) is 12.8. The van der Waals surface area contributed by atoms with Crippen LogP contribution in [-0.4, -0.2) is 27.1 Å². The molecule has 0 spiro atoms. The molecule has 1 atom stereocenters. The fraction of sp³-hybridized carbons (Fsp3) is 0.333. The second-order valence-corrected chi connectivity index (χ2v) is 3.83. The zero-order chi connectivity index (χ0) is 10.0. The first-order valence-corrected chi connectivity index (χ1v) is 4.84. The lowest BCUT2D eigenvalue weighted by Crippen LogP contribution is -2.32. The number of hydrogen-bond donors (Lipinski definition) is 3. The van der Waals surface area contributed by atoms with Crippen molar-refractivity contribution in [3.05, 3.63) is 14.7 Å². The molecule has 72 valence electrons. The number of carboxylic acids is 1. The molecule has 0 radical (unpaired) electrons. The monoisotopic (exact) mass is 315 g/mol. The largest absolute Gasteiger partial charge is 0.480 e.